The first-order valence-electron chi connectivity index (χ1n) is 12.8. The SMILES string of the molecule is O=C(NCCC12CC3CC(CC(C3)C1)C2)c1cc(=O)[nH]c2ccc(S(=O)(=O)N3CCOCC3)cc12. The minimum Gasteiger partial charge on any atom is -0.379 e. The van der Waals surface area contributed by atoms with E-state index >= 15 is 0 Å². The Bertz CT molecular complexity index is 1280. The summed E-state index contributed by atoms with van der Waals surface area (Å²) >= 11 is 0. The molecular weight excluding hydrogens is 466 g/mol. The Morgan fingerprint density at radius 1 is 1.06 bits per heavy atom. The number of hydrogen-bond donors (Lipinski definition) is 2. The van der Waals surface area contributed by atoms with Crippen molar-refractivity contribution in [1.29, 1.82) is 0 Å². The van der Waals surface area contributed by atoms with E-state index in [0.717, 1.165) is 24.2 Å². The van der Waals surface area contributed by atoms with Crippen LogP contribution >= 0.6 is 0 Å². The van der Waals surface area contributed by atoms with Gasteiger partial charge in [-0.25, -0.2) is 8.42 Å². The quantitative estimate of drug-likeness (QED) is 0.635. The molecule has 5 aliphatic rings. The molecule has 4 bridgehead atoms. The number of aromatic nitrogens is 1. The van der Waals surface area contributed by atoms with Crippen LogP contribution in [-0.2, 0) is 14.8 Å². The lowest BCUT2D eigenvalue weighted by atomic mass is 9.49. The molecule has 1 aliphatic heterocycles. The van der Waals surface area contributed by atoms with Gasteiger partial charge in [-0.2, -0.15) is 4.31 Å². The summed E-state index contributed by atoms with van der Waals surface area (Å²) in [7, 11) is -3.72. The van der Waals surface area contributed by atoms with Crippen molar-refractivity contribution in [1.82, 2.24) is 14.6 Å². The largest absolute Gasteiger partial charge is 0.379 e. The van der Waals surface area contributed by atoms with E-state index in [2.05, 4.69) is 10.3 Å². The number of fused-ring (bicyclic) bond motifs is 1. The summed E-state index contributed by atoms with van der Waals surface area (Å²) in [6.07, 6.45) is 8.99. The van der Waals surface area contributed by atoms with Crippen molar-refractivity contribution in [2.45, 2.75) is 49.8 Å². The summed E-state index contributed by atoms with van der Waals surface area (Å²) in [5, 5.41) is 3.48. The van der Waals surface area contributed by atoms with E-state index < -0.39 is 10.0 Å². The smallest absolute Gasteiger partial charge is 0.252 e. The molecule has 1 aromatic heterocycles. The molecule has 4 saturated carbocycles. The number of carbonyl (C=O) groups is 1. The number of H-pyrrole nitrogens is 1. The molecule has 35 heavy (non-hydrogen) atoms. The van der Waals surface area contributed by atoms with Gasteiger partial charge in [0.05, 0.1) is 23.7 Å². The number of hydrogen-bond acceptors (Lipinski definition) is 5. The number of amides is 1. The van der Waals surface area contributed by atoms with E-state index in [1.54, 1.807) is 6.07 Å². The lowest BCUT2D eigenvalue weighted by Gasteiger charge is -2.57. The molecule has 5 fully saturated rings. The van der Waals surface area contributed by atoms with Crippen molar-refractivity contribution >= 4 is 26.8 Å². The third kappa shape index (κ3) is 4.32. The van der Waals surface area contributed by atoms with E-state index in [1.165, 1.54) is 61.0 Å². The highest BCUT2D eigenvalue weighted by molar-refractivity contribution is 7.89. The minimum absolute atomic E-state index is 0.113. The fraction of sp³-hybridized carbons (Fsp3) is 0.615. The Morgan fingerprint density at radius 3 is 2.37 bits per heavy atom. The average Bonchev–Trinajstić information content (AvgIpc) is 2.82. The monoisotopic (exact) mass is 499 g/mol. The molecule has 1 amide bonds. The number of aromatic amines is 1. The number of nitrogens with zero attached hydrogens (tertiary/aromatic N) is 1. The molecule has 1 aromatic carbocycles. The number of pyridine rings is 1. The first kappa shape index (κ1) is 23.2. The second-order valence-electron chi connectivity index (χ2n) is 11.2. The van der Waals surface area contributed by atoms with E-state index in [-0.39, 0.29) is 21.9 Å². The standard InChI is InChI=1S/C26H33N3O5S/c30-24-13-22(25(31)27-4-3-26-14-17-9-18(15-26)11-19(10-17)16-26)21-12-20(1-2-23(21)28-24)35(32,33)29-5-7-34-8-6-29/h1-2,12-13,17-19H,3-11,14-16H2,(H,27,31)(H,28,30). The van der Waals surface area contributed by atoms with Gasteiger partial charge in [0, 0.05) is 36.6 Å². The van der Waals surface area contributed by atoms with Gasteiger partial charge in [-0.3, -0.25) is 9.59 Å². The molecule has 188 valence electrons. The van der Waals surface area contributed by atoms with E-state index in [9.17, 15) is 18.0 Å². The van der Waals surface area contributed by atoms with Crippen molar-refractivity contribution < 1.29 is 17.9 Å². The zero-order chi connectivity index (χ0) is 24.2. The van der Waals surface area contributed by atoms with Crippen molar-refractivity contribution in [3.05, 3.63) is 40.2 Å². The summed E-state index contributed by atoms with van der Waals surface area (Å²) < 4.78 is 33.0. The molecule has 2 heterocycles. The molecular formula is C26H33N3O5S. The highest BCUT2D eigenvalue weighted by Crippen LogP contribution is 2.61. The topological polar surface area (TPSA) is 109 Å². The molecule has 9 heteroatoms. The maximum atomic E-state index is 13.2. The van der Waals surface area contributed by atoms with Gasteiger partial charge >= 0.3 is 0 Å². The van der Waals surface area contributed by atoms with Crippen LogP contribution in [0.3, 0.4) is 0 Å². The van der Waals surface area contributed by atoms with Crippen LogP contribution in [0.4, 0.5) is 0 Å². The first-order valence-corrected chi connectivity index (χ1v) is 14.3. The Labute approximate surface area is 205 Å². The Hall–Kier alpha value is -2.23. The van der Waals surface area contributed by atoms with Crippen LogP contribution in [0.5, 0.6) is 0 Å². The van der Waals surface area contributed by atoms with Crippen LogP contribution in [0.1, 0.15) is 55.3 Å². The molecule has 2 N–H and O–H groups in total. The van der Waals surface area contributed by atoms with Gasteiger partial charge in [0.25, 0.3) is 5.91 Å². The second-order valence-corrected chi connectivity index (χ2v) is 13.1. The number of sulfonamides is 1. The van der Waals surface area contributed by atoms with Crippen LogP contribution in [0.2, 0.25) is 0 Å². The van der Waals surface area contributed by atoms with Gasteiger partial charge in [0.1, 0.15) is 0 Å². The predicted molar refractivity (Wildman–Crippen MR) is 132 cm³/mol. The van der Waals surface area contributed by atoms with Gasteiger partial charge < -0.3 is 15.0 Å². The van der Waals surface area contributed by atoms with Gasteiger partial charge in [0.15, 0.2) is 0 Å². The lowest BCUT2D eigenvalue weighted by molar-refractivity contribution is -0.0564. The molecule has 8 nitrogen and oxygen atoms in total. The summed E-state index contributed by atoms with van der Waals surface area (Å²) in [4.78, 5) is 28.3. The normalized spacial score (nSPS) is 30.6. The molecule has 2 aromatic rings. The minimum atomic E-state index is -3.72. The molecule has 0 atom stereocenters. The van der Waals surface area contributed by atoms with Crippen molar-refractivity contribution in [2.75, 3.05) is 32.8 Å². The number of rotatable bonds is 6. The van der Waals surface area contributed by atoms with E-state index in [0.29, 0.717) is 49.2 Å². The van der Waals surface area contributed by atoms with Crippen LogP contribution in [0.25, 0.3) is 10.9 Å². The highest BCUT2D eigenvalue weighted by atomic mass is 32.2. The Morgan fingerprint density at radius 2 is 1.71 bits per heavy atom. The molecule has 4 aliphatic carbocycles. The van der Waals surface area contributed by atoms with Crippen LogP contribution in [-0.4, -0.2) is 56.5 Å². The Balaban J connectivity index is 1.22. The van der Waals surface area contributed by atoms with Crippen molar-refractivity contribution in [2.24, 2.45) is 23.2 Å². The number of benzene rings is 1. The fourth-order valence-corrected chi connectivity index (χ4v) is 9.08. The fourth-order valence-electron chi connectivity index (χ4n) is 7.65. The third-order valence-corrected chi connectivity index (χ3v) is 10.7. The van der Waals surface area contributed by atoms with Crippen LogP contribution in [0, 0.1) is 23.2 Å². The third-order valence-electron chi connectivity index (χ3n) is 8.77. The maximum Gasteiger partial charge on any atom is 0.252 e. The zero-order valence-electron chi connectivity index (χ0n) is 19.9. The predicted octanol–water partition coefficient (Wildman–Crippen LogP) is 2.89. The van der Waals surface area contributed by atoms with E-state index in [4.69, 9.17) is 4.74 Å². The van der Waals surface area contributed by atoms with E-state index in [1.807, 2.05) is 0 Å². The highest BCUT2D eigenvalue weighted by Gasteiger charge is 2.50. The molecule has 0 radical (unpaired) electrons. The van der Waals surface area contributed by atoms with Gasteiger partial charge in [-0.15, -0.1) is 0 Å². The maximum absolute atomic E-state index is 13.2. The summed E-state index contributed by atoms with van der Waals surface area (Å²) in [5.74, 6) is 2.26. The molecule has 1 saturated heterocycles. The summed E-state index contributed by atoms with van der Waals surface area (Å²) in [6.45, 7) is 1.88. The number of ether oxygens (including phenoxy) is 1. The van der Waals surface area contributed by atoms with Gasteiger partial charge in [0.2, 0.25) is 15.6 Å². The Kier molecular flexibility index (Phi) is 5.77. The van der Waals surface area contributed by atoms with Crippen molar-refractivity contribution in [3.8, 4) is 0 Å². The summed E-state index contributed by atoms with van der Waals surface area (Å²) in [6, 6.07) is 5.83. The number of morpholine rings is 1. The molecule has 0 spiro atoms. The van der Waals surface area contributed by atoms with Gasteiger partial charge in [-0.05, 0) is 86.3 Å². The second kappa shape index (κ2) is 8.71. The molecule has 0 unspecified atom stereocenters. The van der Waals surface area contributed by atoms with Gasteiger partial charge in [-0.1, -0.05) is 0 Å². The van der Waals surface area contributed by atoms with Crippen molar-refractivity contribution in [3.63, 3.8) is 0 Å². The first-order chi connectivity index (χ1) is 16.8. The lowest BCUT2D eigenvalue weighted by Crippen LogP contribution is -2.47. The van der Waals surface area contributed by atoms with Crippen LogP contribution < -0.4 is 10.9 Å². The van der Waals surface area contributed by atoms with Crippen LogP contribution in [0.15, 0.2) is 34.0 Å². The average molecular weight is 500 g/mol. The number of carbonyl (C=O) groups excluding carboxylic acids is 1. The summed E-state index contributed by atoms with van der Waals surface area (Å²) in [5.41, 5.74) is 0.642. The zero-order valence-corrected chi connectivity index (χ0v) is 20.7. The number of nitrogens with one attached hydrogen (secondary N) is 2. The molecule has 7 rings (SSSR count).